The number of hydrogen-bond acceptors (Lipinski definition) is 3. The first-order valence-electron chi connectivity index (χ1n) is 5.87. The van der Waals surface area contributed by atoms with Gasteiger partial charge in [-0.2, -0.15) is 0 Å². The lowest BCUT2D eigenvalue weighted by atomic mass is 10.2. The quantitative estimate of drug-likeness (QED) is 0.625. The van der Waals surface area contributed by atoms with Crippen molar-refractivity contribution in [2.75, 3.05) is 39.3 Å². The third-order valence-corrected chi connectivity index (χ3v) is 3.35. The second kappa shape index (κ2) is 4.60. The molecule has 2 heterocycles. The van der Waals surface area contributed by atoms with E-state index >= 15 is 0 Å². The molecule has 0 aliphatic carbocycles. The summed E-state index contributed by atoms with van der Waals surface area (Å²) in [4.78, 5) is 5.14. The van der Waals surface area contributed by atoms with Gasteiger partial charge < -0.3 is 9.64 Å². The zero-order valence-corrected chi connectivity index (χ0v) is 9.41. The van der Waals surface area contributed by atoms with Crippen LogP contribution in [0.2, 0.25) is 0 Å². The van der Waals surface area contributed by atoms with E-state index < -0.39 is 0 Å². The molecule has 0 amide bonds. The molecule has 0 aromatic carbocycles. The molecule has 0 radical (unpaired) electrons. The Morgan fingerprint density at radius 1 is 1.36 bits per heavy atom. The first-order chi connectivity index (χ1) is 6.79. The summed E-state index contributed by atoms with van der Waals surface area (Å²) in [6, 6.07) is 0.696. The van der Waals surface area contributed by atoms with Gasteiger partial charge in [-0.25, -0.2) is 0 Å². The highest BCUT2D eigenvalue weighted by molar-refractivity contribution is 4.81. The highest BCUT2D eigenvalue weighted by Gasteiger charge is 2.29. The maximum Gasteiger partial charge on any atom is 0.0936 e. The van der Waals surface area contributed by atoms with Crippen molar-refractivity contribution in [2.45, 2.75) is 32.4 Å². The molecule has 82 valence electrons. The molecule has 2 aliphatic heterocycles. The first kappa shape index (κ1) is 10.4. The van der Waals surface area contributed by atoms with E-state index in [1.165, 1.54) is 32.6 Å². The van der Waals surface area contributed by atoms with Crippen molar-refractivity contribution in [3.63, 3.8) is 0 Å². The minimum Gasteiger partial charge on any atom is -0.372 e. The molecule has 2 saturated heterocycles. The molecule has 0 spiro atoms. The number of likely N-dealkylation sites (N-methyl/N-ethyl adjacent to an activating group) is 1. The third kappa shape index (κ3) is 2.69. The normalized spacial score (nSPS) is 35.6. The fourth-order valence-corrected chi connectivity index (χ4v) is 2.29. The van der Waals surface area contributed by atoms with E-state index in [0.717, 1.165) is 13.2 Å². The van der Waals surface area contributed by atoms with Gasteiger partial charge in [0.25, 0.3) is 0 Å². The number of epoxide rings is 1. The fraction of sp³-hybridized carbons (Fsp3) is 1.00. The molecule has 0 bridgehead atoms. The summed E-state index contributed by atoms with van der Waals surface area (Å²) in [7, 11) is 0. The second-order valence-corrected chi connectivity index (χ2v) is 4.55. The van der Waals surface area contributed by atoms with Crippen LogP contribution in [0.25, 0.3) is 0 Å². The Balaban J connectivity index is 1.83. The van der Waals surface area contributed by atoms with Crippen molar-refractivity contribution in [2.24, 2.45) is 0 Å². The summed E-state index contributed by atoms with van der Waals surface area (Å²) >= 11 is 0. The molecule has 3 nitrogen and oxygen atoms in total. The lowest BCUT2D eigenvalue weighted by Gasteiger charge is -2.27. The van der Waals surface area contributed by atoms with Gasteiger partial charge in [0, 0.05) is 19.1 Å². The molecule has 2 aliphatic rings. The standard InChI is InChI=1S/C11H22N2O/c1-3-12-5-4-6-13(10(2)7-12)8-11-9-14-11/h10-11H,3-9H2,1-2H3. The van der Waals surface area contributed by atoms with Crippen LogP contribution in [0.5, 0.6) is 0 Å². The van der Waals surface area contributed by atoms with E-state index in [1.807, 2.05) is 0 Å². The molecule has 14 heavy (non-hydrogen) atoms. The number of rotatable bonds is 3. The van der Waals surface area contributed by atoms with Crippen molar-refractivity contribution < 1.29 is 4.74 Å². The molecule has 0 aromatic heterocycles. The van der Waals surface area contributed by atoms with E-state index in [9.17, 15) is 0 Å². The maximum absolute atomic E-state index is 5.30. The van der Waals surface area contributed by atoms with Gasteiger partial charge in [-0.1, -0.05) is 6.92 Å². The van der Waals surface area contributed by atoms with Crippen LogP contribution in [-0.2, 0) is 4.74 Å². The molecule has 2 unspecified atom stereocenters. The monoisotopic (exact) mass is 198 g/mol. The molecule has 2 rings (SSSR count). The Morgan fingerprint density at radius 2 is 2.14 bits per heavy atom. The lowest BCUT2D eigenvalue weighted by Crippen LogP contribution is -2.40. The van der Waals surface area contributed by atoms with Gasteiger partial charge in [-0.3, -0.25) is 4.90 Å². The number of nitrogens with zero attached hydrogens (tertiary/aromatic N) is 2. The molecular weight excluding hydrogens is 176 g/mol. The van der Waals surface area contributed by atoms with Crippen molar-refractivity contribution in [3.05, 3.63) is 0 Å². The topological polar surface area (TPSA) is 19.0 Å². The zero-order valence-electron chi connectivity index (χ0n) is 9.41. The molecule has 0 aromatic rings. The average molecular weight is 198 g/mol. The van der Waals surface area contributed by atoms with Crippen molar-refractivity contribution in [1.29, 1.82) is 0 Å². The van der Waals surface area contributed by atoms with Crippen LogP contribution in [-0.4, -0.2) is 61.3 Å². The van der Waals surface area contributed by atoms with E-state index in [4.69, 9.17) is 4.74 Å². The number of ether oxygens (including phenoxy) is 1. The van der Waals surface area contributed by atoms with Crippen LogP contribution < -0.4 is 0 Å². The lowest BCUT2D eigenvalue weighted by molar-refractivity contribution is 0.179. The van der Waals surface area contributed by atoms with E-state index in [2.05, 4.69) is 23.6 Å². The van der Waals surface area contributed by atoms with Gasteiger partial charge in [0.1, 0.15) is 0 Å². The van der Waals surface area contributed by atoms with E-state index in [-0.39, 0.29) is 0 Å². The molecule has 0 N–H and O–H groups in total. The summed E-state index contributed by atoms with van der Waals surface area (Å²) in [6.45, 7) is 11.7. The van der Waals surface area contributed by atoms with E-state index in [1.54, 1.807) is 0 Å². The van der Waals surface area contributed by atoms with Gasteiger partial charge in [-0.15, -0.1) is 0 Å². The van der Waals surface area contributed by atoms with Gasteiger partial charge in [0.2, 0.25) is 0 Å². The highest BCUT2D eigenvalue weighted by Crippen LogP contribution is 2.16. The van der Waals surface area contributed by atoms with Crippen molar-refractivity contribution in [3.8, 4) is 0 Å². The summed E-state index contributed by atoms with van der Waals surface area (Å²) in [5.74, 6) is 0. The Labute approximate surface area is 87.0 Å². The average Bonchev–Trinajstić information content (AvgIpc) is 2.97. The van der Waals surface area contributed by atoms with Gasteiger partial charge in [0.05, 0.1) is 12.7 Å². The maximum atomic E-state index is 5.30. The zero-order chi connectivity index (χ0) is 9.97. The minimum atomic E-state index is 0.547. The predicted molar refractivity (Wildman–Crippen MR) is 57.5 cm³/mol. The Morgan fingerprint density at radius 3 is 2.79 bits per heavy atom. The Bertz CT molecular complexity index is 182. The Kier molecular flexibility index (Phi) is 3.42. The van der Waals surface area contributed by atoms with Crippen LogP contribution in [0.4, 0.5) is 0 Å². The second-order valence-electron chi connectivity index (χ2n) is 4.55. The minimum absolute atomic E-state index is 0.547. The number of hydrogen-bond donors (Lipinski definition) is 0. The molecule has 3 heteroatoms. The fourth-order valence-electron chi connectivity index (χ4n) is 2.29. The molecular formula is C11H22N2O. The summed E-state index contributed by atoms with van der Waals surface area (Å²) < 4.78 is 5.30. The SMILES string of the molecule is CCN1CCCN(CC2CO2)C(C)C1. The van der Waals surface area contributed by atoms with Gasteiger partial charge >= 0.3 is 0 Å². The van der Waals surface area contributed by atoms with Crippen LogP contribution in [0.15, 0.2) is 0 Å². The van der Waals surface area contributed by atoms with Crippen molar-refractivity contribution in [1.82, 2.24) is 9.80 Å². The van der Waals surface area contributed by atoms with E-state index in [0.29, 0.717) is 12.1 Å². The van der Waals surface area contributed by atoms with Crippen LogP contribution >= 0.6 is 0 Å². The van der Waals surface area contributed by atoms with Crippen molar-refractivity contribution >= 4 is 0 Å². The molecule has 0 saturated carbocycles. The summed E-state index contributed by atoms with van der Waals surface area (Å²) in [6.07, 6.45) is 1.86. The molecule has 2 atom stereocenters. The smallest absolute Gasteiger partial charge is 0.0936 e. The summed E-state index contributed by atoms with van der Waals surface area (Å²) in [5.41, 5.74) is 0. The van der Waals surface area contributed by atoms with Gasteiger partial charge in [-0.05, 0) is 33.0 Å². The predicted octanol–water partition coefficient (Wildman–Crippen LogP) is 0.801. The Hall–Kier alpha value is -0.120. The first-order valence-corrected chi connectivity index (χ1v) is 5.87. The summed E-state index contributed by atoms with van der Waals surface area (Å²) in [5, 5.41) is 0. The van der Waals surface area contributed by atoms with Crippen LogP contribution in [0, 0.1) is 0 Å². The third-order valence-electron chi connectivity index (χ3n) is 3.35. The van der Waals surface area contributed by atoms with Crippen LogP contribution in [0.1, 0.15) is 20.3 Å². The largest absolute Gasteiger partial charge is 0.372 e. The van der Waals surface area contributed by atoms with Gasteiger partial charge in [0.15, 0.2) is 0 Å². The highest BCUT2D eigenvalue weighted by atomic mass is 16.6. The molecule has 2 fully saturated rings. The van der Waals surface area contributed by atoms with Crippen LogP contribution in [0.3, 0.4) is 0 Å².